The standard InChI is InChI=1S/C9H17N5S2.HI/c1-9(2,3)12-7(10)11-5-6-13-14-8(15-4)16-6;/h5H2,1-4H3,(H3,10,11,12);1H. The Bertz CT molecular complexity index is 372. The van der Waals surface area contributed by atoms with E-state index in [4.69, 9.17) is 5.73 Å². The van der Waals surface area contributed by atoms with Gasteiger partial charge in [0.15, 0.2) is 10.3 Å². The minimum atomic E-state index is -0.0703. The minimum Gasteiger partial charge on any atom is -0.370 e. The van der Waals surface area contributed by atoms with Crippen LogP contribution < -0.4 is 11.1 Å². The molecule has 17 heavy (non-hydrogen) atoms. The van der Waals surface area contributed by atoms with Crippen LogP contribution in [0.25, 0.3) is 0 Å². The maximum absolute atomic E-state index is 5.74. The molecule has 1 heterocycles. The van der Waals surface area contributed by atoms with Gasteiger partial charge in [-0.15, -0.1) is 34.2 Å². The van der Waals surface area contributed by atoms with Gasteiger partial charge in [-0.05, 0) is 27.0 Å². The van der Waals surface area contributed by atoms with E-state index in [-0.39, 0.29) is 29.5 Å². The zero-order chi connectivity index (χ0) is 12.2. The van der Waals surface area contributed by atoms with Crippen molar-refractivity contribution in [2.45, 2.75) is 37.2 Å². The van der Waals surface area contributed by atoms with Crippen LogP contribution in [-0.2, 0) is 6.54 Å². The molecule has 0 aliphatic carbocycles. The van der Waals surface area contributed by atoms with Crippen molar-refractivity contribution >= 4 is 53.0 Å². The molecule has 98 valence electrons. The van der Waals surface area contributed by atoms with Crippen LogP contribution in [0.3, 0.4) is 0 Å². The van der Waals surface area contributed by atoms with E-state index in [1.807, 2.05) is 27.0 Å². The number of nitrogens with zero attached hydrogens (tertiary/aromatic N) is 3. The molecule has 0 aromatic carbocycles. The van der Waals surface area contributed by atoms with Crippen LogP contribution in [0.2, 0.25) is 0 Å². The average molecular weight is 387 g/mol. The van der Waals surface area contributed by atoms with Crippen LogP contribution in [0.15, 0.2) is 9.33 Å². The van der Waals surface area contributed by atoms with Crippen molar-refractivity contribution < 1.29 is 0 Å². The summed E-state index contributed by atoms with van der Waals surface area (Å²) in [5.74, 6) is 0.438. The Morgan fingerprint density at radius 3 is 2.59 bits per heavy atom. The van der Waals surface area contributed by atoms with Crippen molar-refractivity contribution in [3.63, 3.8) is 0 Å². The summed E-state index contributed by atoms with van der Waals surface area (Å²) >= 11 is 3.13. The quantitative estimate of drug-likeness (QED) is 0.360. The smallest absolute Gasteiger partial charge is 0.189 e. The average Bonchev–Trinajstić information content (AvgIpc) is 2.59. The van der Waals surface area contributed by atoms with E-state index in [1.54, 1.807) is 23.1 Å². The van der Waals surface area contributed by atoms with Gasteiger partial charge in [0.05, 0.1) is 6.54 Å². The number of nitrogens with two attached hydrogens (primary N) is 1. The number of guanidine groups is 1. The number of rotatable bonds is 3. The predicted octanol–water partition coefficient (Wildman–Crippen LogP) is 2.08. The van der Waals surface area contributed by atoms with Crippen LogP contribution in [0, 0.1) is 0 Å². The van der Waals surface area contributed by atoms with E-state index in [2.05, 4.69) is 20.5 Å². The fraction of sp³-hybridized carbons (Fsp3) is 0.667. The summed E-state index contributed by atoms with van der Waals surface area (Å²) in [6, 6.07) is 0. The monoisotopic (exact) mass is 387 g/mol. The van der Waals surface area contributed by atoms with Gasteiger partial charge in [-0.25, -0.2) is 4.99 Å². The second-order valence-corrected chi connectivity index (χ2v) is 6.36. The molecule has 0 saturated heterocycles. The molecular weight excluding hydrogens is 369 g/mol. The Kier molecular flexibility index (Phi) is 7.33. The molecule has 0 fully saturated rings. The van der Waals surface area contributed by atoms with Crippen molar-refractivity contribution in [2.24, 2.45) is 10.7 Å². The SMILES string of the molecule is CSc1nnc(CN=C(N)NC(C)(C)C)s1.I. The summed E-state index contributed by atoms with van der Waals surface area (Å²) in [6.45, 7) is 6.58. The first-order valence-corrected chi connectivity index (χ1v) is 6.89. The van der Waals surface area contributed by atoms with E-state index in [1.165, 1.54) is 0 Å². The molecule has 0 aliphatic rings. The summed E-state index contributed by atoms with van der Waals surface area (Å²) in [5, 5.41) is 12.0. The molecule has 8 heteroatoms. The molecule has 5 nitrogen and oxygen atoms in total. The highest BCUT2D eigenvalue weighted by molar-refractivity contribution is 14.0. The van der Waals surface area contributed by atoms with Gasteiger partial charge in [-0.2, -0.15) is 0 Å². The maximum atomic E-state index is 5.74. The number of aliphatic imine (C=N–C) groups is 1. The summed E-state index contributed by atoms with van der Waals surface area (Å²) in [5.41, 5.74) is 5.67. The molecular formula is C9H18IN5S2. The highest BCUT2D eigenvalue weighted by Gasteiger charge is 2.10. The first kappa shape index (κ1) is 16.9. The lowest BCUT2D eigenvalue weighted by Gasteiger charge is -2.20. The van der Waals surface area contributed by atoms with Gasteiger partial charge >= 0.3 is 0 Å². The molecule has 0 aliphatic heterocycles. The number of hydrogen-bond acceptors (Lipinski definition) is 5. The predicted molar refractivity (Wildman–Crippen MR) is 85.3 cm³/mol. The molecule has 0 saturated carbocycles. The molecule has 1 aromatic rings. The molecule has 0 amide bonds. The van der Waals surface area contributed by atoms with Crippen molar-refractivity contribution in [1.82, 2.24) is 15.5 Å². The Balaban J connectivity index is 0.00000256. The fourth-order valence-corrected chi connectivity index (χ4v) is 2.20. The lowest BCUT2D eigenvalue weighted by Crippen LogP contribution is -2.44. The summed E-state index contributed by atoms with van der Waals surface area (Å²) in [7, 11) is 0. The molecule has 1 rings (SSSR count). The lowest BCUT2D eigenvalue weighted by molar-refractivity contribution is 0.508. The first-order chi connectivity index (χ1) is 7.40. The van der Waals surface area contributed by atoms with E-state index in [9.17, 15) is 0 Å². The Labute approximate surface area is 127 Å². The van der Waals surface area contributed by atoms with Gasteiger partial charge in [0.25, 0.3) is 0 Å². The van der Waals surface area contributed by atoms with Gasteiger partial charge in [-0.3, -0.25) is 0 Å². The van der Waals surface area contributed by atoms with Crippen LogP contribution in [0.1, 0.15) is 25.8 Å². The second-order valence-electron chi connectivity index (χ2n) is 4.24. The van der Waals surface area contributed by atoms with Crippen LogP contribution in [-0.4, -0.2) is 28.0 Å². The van der Waals surface area contributed by atoms with E-state index < -0.39 is 0 Å². The molecule has 0 bridgehead atoms. The molecule has 0 atom stereocenters. The second kappa shape index (κ2) is 7.37. The van der Waals surface area contributed by atoms with Crippen molar-refractivity contribution in [3.8, 4) is 0 Å². The maximum Gasteiger partial charge on any atom is 0.189 e. The Hall–Kier alpha value is -0.0900. The molecule has 1 aromatic heterocycles. The van der Waals surface area contributed by atoms with Gasteiger partial charge in [0.1, 0.15) is 5.01 Å². The normalized spacial score (nSPS) is 12.1. The number of hydrogen-bond donors (Lipinski definition) is 2. The van der Waals surface area contributed by atoms with Crippen molar-refractivity contribution in [1.29, 1.82) is 0 Å². The highest BCUT2D eigenvalue weighted by Crippen LogP contribution is 2.19. The summed E-state index contributed by atoms with van der Waals surface area (Å²) in [4.78, 5) is 4.21. The topological polar surface area (TPSA) is 76.2 Å². The van der Waals surface area contributed by atoms with Crippen LogP contribution in [0.4, 0.5) is 0 Å². The largest absolute Gasteiger partial charge is 0.370 e. The summed E-state index contributed by atoms with van der Waals surface area (Å²) in [6.07, 6.45) is 1.98. The number of thioether (sulfide) groups is 1. The van der Waals surface area contributed by atoms with Gasteiger partial charge < -0.3 is 11.1 Å². The Morgan fingerprint density at radius 2 is 2.12 bits per heavy atom. The van der Waals surface area contributed by atoms with E-state index >= 15 is 0 Å². The highest BCUT2D eigenvalue weighted by atomic mass is 127. The van der Waals surface area contributed by atoms with E-state index in [0.717, 1.165) is 9.35 Å². The first-order valence-electron chi connectivity index (χ1n) is 4.85. The molecule has 0 radical (unpaired) electrons. The van der Waals surface area contributed by atoms with E-state index in [0.29, 0.717) is 12.5 Å². The van der Waals surface area contributed by atoms with Gasteiger partial charge in [0, 0.05) is 5.54 Å². The number of aromatic nitrogens is 2. The van der Waals surface area contributed by atoms with Crippen molar-refractivity contribution in [2.75, 3.05) is 6.26 Å². The summed E-state index contributed by atoms with van der Waals surface area (Å²) < 4.78 is 0.951. The zero-order valence-corrected chi connectivity index (χ0v) is 14.3. The third-order valence-electron chi connectivity index (χ3n) is 1.51. The molecule has 3 N–H and O–H groups in total. The number of nitrogens with one attached hydrogen (secondary N) is 1. The van der Waals surface area contributed by atoms with Crippen molar-refractivity contribution in [3.05, 3.63) is 5.01 Å². The van der Waals surface area contributed by atoms with Gasteiger partial charge in [0.2, 0.25) is 0 Å². The zero-order valence-electron chi connectivity index (χ0n) is 10.4. The van der Waals surface area contributed by atoms with Crippen LogP contribution in [0.5, 0.6) is 0 Å². The molecule has 0 spiro atoms. The third kappa shape index (κ3) is 7.04. The molecule has 0 unspecified atom stereocenters. The fourth-order valence-electron chi connectivity index (χ4n) is 0.961. The lowest BCUT2D eigenvalue weighted by atomic mass is 10.1. The third-order valence-corrected chi connectivity index (χ3v) is 3.39. The van der Waals surface area contributed by atoms with Crippen LogP contribution >= 0.6 is 47.1 Å². The number of halogens is 1. The Morgan fingerprint density at radius 1 is 1.47 bits per heavy atom. The van der Waals surface area contributed by atoms with Gasteiger partial charge in [-0.1, -0.05) is 23.1 Å². The minimum absolute atomic E-state index is 0.